The van der Waals surface area contributed by atoms with Gasteiger partial charge in [-0.05, 0) is 5.56 Å². The molecular weight excluding hydrogens is 350 g/mol. The number of aromatic nitrogens is 1. The van der Waals surface area contributed by atoms with Crippen LogP contribution < -0.4 is 17.2 Å². The maximum absolute atomic E-state index is 12.4. The number of amides is 1. The van der Waals surface area contributed by atoms with Crippen LogP contribution in [0.3, 0.4) is 0 Å². The van der Waals surface area contributed by atoms with Crippen molar-refractivity contribution in [2.45, 2.75) is 12.8 Å². The predicted octanol–water partition coefficient (Wildman–Crippen LogP) is 2.45. The van der Waals surface area contributed by atoms with Crippen LogP contribution in [0.1, 0.15) is 28.1 Å². The normalized spacial score (nSPS) is 10.6. The summed E-state index contributed by atoms with van der Waals surface area (Å²) in [5.74, 6) is -0.770. The Labute approximate surface area is 153 Å². The summed E-state index contributed by atoms with van der Waals surface area (Å²) in [6.45, 7) is 0. The molecule has 7 nitrogen and oxygen atoms in total. The Kier molecular flexibility index (Phi) is 4.56. The van der Waals surface area contributed by atoms with Gasteiger partial charge in [0.25, 0.3) is 0 Å². The van der Waals surface area contributed by atoms with Gasteiger partial charge in [-0.3, -0.25) is 9.59 Å². The first kappa shape index (κ1) is 17.4. The third-order valence-electron chi connectivity index (χ3n) is 3.93. The van der Waals surface area contributed by atoms with Crippen LogP contribution in [0.25, 0.3) is 21.3 Å². The van der Waals surface area contributed by atoms with Crippen LogP contribution in [-0.2, 0) is 4.79 Å². The van der Waals surface area contributed by atoms with Gasteiger partial charge in [0.1, 0.15) is 22.3 Å². The molecule has 0 saturated carbocycles. The Balaban J connectivity index is 2.27. The van der Waals surface area contributed by atoms with Gasteiger partial charge in [0.05, 0.1) is 10.6 Å². The lowest BCUT2D eigenvalue weighted by Gasteiger charge is -2.09. The molecule has 0 radical (unpaired) electrons. The van der Waals surface area contributed by atoms with E-state index in [-0.39, 0.29) is 35.7 Å². The molecule has 0 aliphatic rings. The summed E-state index contributed by atoms with van der Waals surface area (Å²) in [6.07, 6.45) is -0.0926. The first-order valence-electron chi connectivity index (χ1n) is 7.72. The fourth-order valence-corrected chi connectivity index (χ4v) is 3.81. The standard InChI is InChI=1S/C18H15N5O2S/c19-8-10-13(9-4-2-1-3-5-9)14-15(21)16(11(24)6-7-12(20)25)26-18(14)23-17(10)22/h1-5H,6-7,21H2,(H2,20,25)(H2,22,23). The van der Waals surface area contributed by atoms with Crippen LogP contribution in [-0.4, -0.2) is 16.7 Å². The number of nitrogens with zero attached hydrogens (tertiary/aromatic N) is 2. The molecule has 0 bridgehead atoms. The van der Waals surface area contributed by atoms with Crippen molar-refractivity contribution in [2.75, 3.05) is 11.5 Å². The predicted molar refractivity (Wildman–Crippen MR) is 101 cm³/mol. The summed E-state index contributed by atoms with van der Waals surface area (Å²) in [6, 6.07) is 11.3. The number of benzene rings is 1. The number of nitriles is 1. The van der Waals surface area contributed by atoms with Crippen LogP contribution in [0.5, 0.6) is 0 Å². The minimum atomic E-state index is -0.558. The number of fused-ring (bicyclic) bond motifs is 1. The van der Waals surface area contributed by atoms with Gasteiger partial charge in [0.2, 0.25) is 5.91 Å². The van der Waals surface area contributed by atoms with Crippen LogP contribution in [0.15, 0.2) is 30.3 Å². The van der Waals surface area contributed by atoms with E-state index in [4.69, 9.17) is 17.2 Å². The molecule has 8 heteroatoms. The number of hydrogen-bond acceptors (Lipinski definition) is 7. The molecule has 0 unspecified atom stereocenters. The molecule has 1 aromatic carbocycles. The van der Waals surface area contributed by atoms with Crippen molar-refractivity contribution < 1.29 is 9.59 Å². The Bertz CT molecular complexity index is 1070. The molecule has 0 spiro atoms. The second-order valence-corrected chi connectivity index (χ2v) is 6.64. The molecule has 2 heterocycles. The first-order valence-corrected chi connectivity index (χ1v) is 8.54. The SMILES string of the molecule is N#Cc1c(N)nc2sc(C(=O)CCC(N)=O)c(N)c2c1-c1ccccc1. The van der Waals surface area contributed by atoms with Gasteiger partial charge >= 0.3 is 0 Å². The zero-order valence-electron chi connectivity index (χ0n) is 13.7. The van der Waals surface area contributed by atoms with E-state index in [0.717, 1.165) is 16.9 Å². The van der Waals surface area contributed by atoms with Gasteiger partial charge in [0, 0.05) is 23.8 Å². The number of carbonyl (C=O) groups is 2. The molecular formula is C18H15N5O2S. The van der Waals surface area contributed by atoms with Crippen LogP contribution in [0.4, 0.5) is 11.5 Å². The highest BCUT2D eigenvalue weighted by Gasteiger charge is 2.24. The fraction of sp³-hybridized carbons (Fsp3) is 0.111. The number of pyridine rings is 1. The molecule has 1 amide bonds. The molecule has 0 fully saturated rings. The number of Topliss-reactive ketones (excluding diaryl/α,β-unsaturated/α-hetero) is 1. The average molecular weight is 365 g/mol. The number of carbonyl (C=O) groups excluding carboxylic acids is 2. The van der Waals surface area contributed by atoms with Crippen molar-refractivity contribution in [1.82, 2.24) is 4.98 Å². The van der Waals surface area contributed by atoms with E-state index >= 15 is 0 Å². The number of thiophene rings is 1. The quantitative estimate of drug-likeness (QED) is 0.591. The lowest BCUT2D eigenvalue weighted by Crippen LogP contribution is -2.12. The molecule has 6 N–H and O–H groups in total. The zero-order chi connectivity index (χ0) is 18.8. The monoisotopic (exact) mass is 365 g/mol. The number of rotatable bonds is 5. The second kappa shape index (κ2) is 6.82. The molecule has 3 aromatic rings. The number of primary amides is 1. The lowest BCUT2D eigenvalue weighted by atomic mass is 9.97. The van der Waals surface area contributed by atoms with Crippen molar-refractivity contribution >= 4 is 44.7 Å². The number of nitrogens with two attached hydrogens (primary N) is 3. The third kappa shape index (κ3) is 2.96. The molecule has 3 rings (SSSR count). The highest BCUT2D eigenvalue weighted by atomic mass is 32.1. The van der Waals surface area contributed by atoms with Gasteiger partial charge in [0.15, 0.2) is 5.78 Å². The van der Waals surface area contributed by atoms with Crippen molar-refractivity contribution in [3.8, 4) is 17.2 Å². The molecule has 0 saturated heterocycles. The summed E-state index contributed by atoms with van der Waals surface area (Å²) in [7, 11) is 0. The van der Waals surface area contributed by atoms with Gasteiger partial charge in [-0.2, -0.15) is 5.26 Å². The maximum atomic E-state index is 12.4. The van der Waals surface area contributed by atoms with Crippen molar-refractivity contribution in [2.24, 2.45) is 5.73 Å². The van der Waals surface area contributed by atoms with E-state index in [2.05, 4.69) is 11.1 Å². The summed E-state index contributed by atoms with van der Waals surface area (Å²) >= 11 is 1.10. The third-order valence-corrected chi connectivity index (χ3v) is 5.07. The Morgan fingerprint density at radius 3 is 2.46 bits per heavy atom. The molecule has 26 heavy (non-hydrogen) atoms. The lowest BCUT2D eigenvalue weighted by molar-refractivity contribution is -0.118. The van der Waals surface area contributed by atoms with Crippen molar-refractivity contribution in [3.63, 3.8) is 0 Å². The van der Waals surface area contributed by atoms with Gasteiger partial charge in [-0.15, -0.1) is 11.3 Å². The van der Waals surface area contributed by atoms with E-state index in [1.807, 2.05) is 30.3 Å². The smallest absolute Gasteiger partial charge is 0.217 e. The van der Waals surface area contributed by atoms with Gasteiger partial charge in [-0.1, -0.05) is 30.3 Å². The van der Waals surface area contributed by atoms with E-state index in [9.17, 15) is 14.9 Å². The summed E-state index contributed by atoms with van der Waals surface area (Å²) in [5.41, 5.74) is 19.1. The van der Waals surface area contributed by atoms with Gasteiger partial charge in [-0.25, -0.2) is 4.98 Å². The molecule has 0 atom stereocenters. The summed E-state index contributed by atoms with van der Waals surface area (Å²) in [4.78, 5) is 28.4. The summed E-state index contributed by atoms with van der Waals surface area (Å²) in [5, 5.41) is 10.1. The van der Waals surface area contributed by atoms with Crippen LogP contribution in [0.2, 0.25) is 0 Å². The Hall–Kier alpha value is -3.44. The number of anilines is 2. The van der Waals surface area contributed by atoms with Crippen LogP contribution in [0, 0.1) is 11.3 Å². The van der Waals surface area contributed by atoms with E-state index in [1.54, 1.807) is 0 Å². The van der Waals surface area contributed by atoms with Gasteiger partial charge < -0.3 is 17.2 Å². The largest absolute Gasteiger partial charge is 0.397 e. The number of ketones is 1. The van der Waals surface area contributed by atoms with E-state index in [1.165, 1.54) is 0 Å². The molecule has 2 aromatic heterocycles. The second-order valence-electron chi connectivity index (χ2n) is 5.64. The summed E-state index contributed by atoms with van der Waals surface area (Å²) < 4.78 is 0. The highest BCUT2D eigenvalue weighted by molar-refractivity contribution is 7.21. The molecule has 130 valence electrons. The van der Waals surface area contributed by atoms with E-state index in [0.29, 0.717) is 20.7 Å². The minimum absolute atomic E-state index is 0.0341. The Morgan fingerprint density at radius 2 is 1.85 bits per heavy atom. The number of nitrogen functional groups attached to an aromatic ring is 2. The average Bonchev–Trinajstić information content (AvgIpc) is 2.95. The molecule has 0 aliphatic heterocycles. The fourth-order valence-electron chi connectivity index (χ4n) is 2.73. The molecule has 0 aliphatic carbocycles. The zero-order valence-corrected chi connectivity index (χ0v) is 14.5. The highest BCUT2D eigenvalue weighted by Crippen LogP contribution is 2.42. The van der Waals surface area contributed by atoms with Crippen LogP contribution >= 0.6 is 11.3 Å². The van der Waals surface area contributed by atoms with Crippen molar-refractivity contribution in [1.29, 1.82) is 5.26 Å². The minimum Gasteiger partial charge on any atom is -0.397 e. The first-order chi connectivity index (χ1) is 12.4. The maximum Gasteiger partial charge on any atom is 0.217 e. The van der Waals surface area contributed by atoms with Crippen molar-refractivity contribution in [3.05, 3.63) is 40.8 Å². The van der Waals surface area contributed by atoms with E-state index < -0.39 is 5.91 Å². The number of hydrogen-bond donors (Lipinski definition) is 3. The Morgan fingerprint density at radius 1 is 1.15 bits per heavy atom. The topological polar surface area (TPSA) is 149 Å².